The number of carbonyl (C=O) groups excluding carboxylic acids is 1. The van der Waals surface area contributed by atoms with Crippen molar-refractivity contribution in [2.75, 3.05) is 0 Å². The molecular formula is C22H28N4O4S2. The lowest BCUT2D eigenvalue weighted by Gasteiger charge is -2.17. The number of carbonyl (C=O) groups is 1. The average Bonchev–Trinajstić information content (AvgIpc) is 3.42. The molecule has 10 heteroatoms. The maximum absolute atomic E-state index is 13.2. The predicted octanol–water partition coefficient (Wildman–Crippen LogP) is 3.21. The minimum absolute atomic E-state index is 0.0168. The minimum atomic E-state index is -3.67. The third-order valence-electron chi connectivity index (χ3n) is 5.25. The number of aromatic nitrogens is 1. The maximum atomic E-state index is 13.2. The molecule has 32 heavy (non-hydrogen) atoms. The van der Waals surface area contributed by atoms with Crippen LogP contribution in [0.15, 0.2) is 20.7 Å². The van der Waals surface area contributed by atoms with Crippen LogP contribution >= 0.6 is 11.3 Å². The molecule has 1 unspecified atom stereocenters. The molecule has 1 fully saturated rings. The SMILES string of the molecule is CC(C)c1cc(C#N)cc(C2CC2)c1CC(=O)N=S(N)(=O)c1sc(C(C)(C)O)nc1CO. The van der Waals surface area contributed by atoms with Gasteiger partial charge < -0.3 is 10.2 Å². The molecule has 1 aliphatic rings. The molecule has 2 aromatic rings. The lowest BCUT2D eigenvalue weighted by molar-refractivity contribution is -0.117. The van der Waals surface area contributed by atoms with E-state index in [1.165, 1.54) is 13.8 Å². The van der Waals surface area contributed by atoms with Gasteiger partial charge in [-0.2, -0.15) is 5.26 Å². The Hall–Kier alpha value is -2.16. The van der Waals surface area contributed by atoms with Crippen molar-refractivity contribution in [3.8, 4) is 6.07 Å². The van der Waals surface area contributed by atoms with Gasteiger partial charge >= 0.3 is 0 Å². The fraction of sp³-hybridized carbons (Fsp3) is 0.500. The summed E-state index contributed by atoms with van der Waals surface area (Å²) in [6.45, 7) is 6.46. The smallest absolute Gasteiger partial charge is 0.259 e. The summed E-state index contributed by atoms with van der Waals surface area (Å²) in [5, 5.41) is 35.4. The summed E-state index contributed by atoms with van der Waals surface area (Å²) in [6, 6.07) is 5.81. The molecule has 4 N–H and O–H groups in total. The molecule has 1 aromatic heterocycles. The predicted molar refractivity (Wildman–Crippen MR) is 122 cm³/mol. The van der Waals surface area contributed by atoms with Crippen LogP contribution in [0.5, 0.6) is 0 Å². The number of nitrogens with two attached hydrogens (primary N) is 1. The van der Waals surface area contributed by atoms with Gasteiger partial charge in [0.05, 0.1) is 30.4 Å². The molecule has 1 amide bonds. The Balaban J connectivity index is 2.02. The van der Waals surface area contributed by atoms with Crippen molar-refractivity contribution in [3.63, 3.8) is 0 Å². The topological polar surface area (TPSA) is 150 Å². The first-order valence-electron chi connectivity index (χ1n) is 10.3. The zero-order valence-electron chi connectivity index (χ0n) is 18.6. The standard InChI is InChI=1S/C22H28N4O4S2/c1-12(2)15-7-13(10-23)8-16(14-5-6-14)17(15)9-19(28)26-32(24,30)20-18(11-27)25-21(31-20)22(3,4)29/h7-8,12,14,27,29H,5-6,9,11H2,1-4H3,(H2,24,26,28,30). The zero-order valence-corrected chi connectivity index (χ0v) is 20.2. The van der Waals surface area contributed by atoms with E-state index in [2.05, 4.69) is 15.4 Å². The highest BCUT2D eigenvalue weighted by Gasteiger charge is 2.30. The lowest BCUT2D eigenvalue weighted by atomic mass is 9.87. The summed E-state index contributed by atoms with van der Waals surface area (Å²) in [6.07, 6.45) is 1.92. The highest BCUT2D eigenvalue weighted by Crippen LogP contribution is 2.44. The van der Waals surface area contributed by atoms with Crippen molar-refractivity contribution < 1.29 is 19.2 Å². The second kappa shape index (κ2) is 9.00. The van der Waals surface area contributed by atoms with Crippen LogP contribution < -0.4 is 5.14 Å². The van der Waals surface area contributed by atoms with Crippen LogP contribution in [0.1, 0.15) is 85.3 Å². The van der Waals surface area contributed by atoms with E-state index >= 15 is 0 Å². The van der Waals surface area contributed by atoms with Crippen molar-refractivity contribution in [3.05, 3.63) is 45.1 Å². The van der Waals surface area contributed by atoms with Crippen molar-refractivity contribution in [1.82, 2.24) is 4.98 Å². The van der Waals surface area contributed by atoms with Crippen LogP contribution in [-0.2, 0) is 33.3 Å². The molecule has 0 spiro atoms. The zero-order chi connectivity index (χ0) is 23.8. The second-order valence-corrected chi connectivity index (χ2v) is 11.9. The summed E-state index contributed by atoms with van der Waals surface area (Å²) in [5.41, 5.74) is 1.96. The molecule has 3 rings (SSSR count). The molecule has 1 aliphatic carbocycles. The van der Waals surface area contributed by atoms with Gasteiger partial charge in [0.25, 0.3) is 5.91 Å². The number of hydrogen-bond donors (Lipinski definition) is 3. The summed E-state index contributed by atoms with van der Waals surface area (Å²) < 4.78 is 17.0. The van der Waals surface area contributed by atoms with Crippen molar-refractivity contribution in [2.45, 2.75) is 75.2 Å². The van der Waals surface area contributed by atoms with Crippen molar-refractivity contribution in [1.29, 1.82) is 5.26 Å². The van der Waals surface area contributed by atoms with Crippen LogP contribution in [0, 0.1) is 11.3 Å². The number of aliphatic hydroxyl groups excluding tert-OH is 1. The fourth-order valence-electron chi connectivity index (χ4n) is 3.56. The molecule has 8 nitrogen and oxygen atoms in total. The number of nitriles is 1. The van der Waals surface area contributed by atoms with Gasteiger partial charge in [-0.05, 0) is 67.3 Å². The Morgan fingerprint density at radius 1 is 1.44 bits per heavy atom. The largest absolute Gasteiger partial charge is 0.390 e. The number of benzene rings is 1. The first-order valence-corrected chi connectivity index (χ1v) is 12.7. The van der Waals surface area contributed by atoms with Crippen LogP contribution in [0.4, 0.5) is 0 Å². The summed E-state index contributed by atoms with van der Waals surface area (Å²) in [5.74, 6) is -0.251. The fourth-order valence-corrected chi connectivity index (χ4v) is 6.10. The number of thiazole rings is 1. The average molecular weight is 477 g/mol. The van der Waals surface area contributed by atoms with Crippen molar-refractivity contribution in [2.24, 2.45) is 9.50 Å². The van der Waals surface area contributed by atoms with Gasteiger partial charge in [0.1, 0.15) is 14.8 Å². The summed E-state index contributed by atoms with van der Waals surface area (Å²) in [7, 11) is -3.67. The number of nitrogens with zero attached hydrogens (tertiary/aromatic N) is 3. The van der Waals surface area contributed by atoms with Gasteiger partial charge in [-0.3, -0.25) is 4.79 Å². The minimum Gasteiger partial charge on any atom is -0.390 e. The molecule has 1 atom stereocenters. The Kier molecular flexibility index (Phi) is 6.88. The highest BCUT2D eigenvalue weighted by molar-refractivity contribution is 7.93. The molecule has 0 saturated heterocycles. The number of aliphatic hydroxyl groups is 2. The summed E-state index contributed by atoms with van der Waals surface area (Å²) >= 11 is 0.874. The number of hydrogen-bond acceptors (Lipinski definition) is 7. The van der Waals surface area contributed by atoms with E-state index < -0.39 is 28.0 Å². The van der Waals surface area contributed by atoms with E-state index in [0.717, 1.165) is 40.9 Å². The Labute approximate surface area is 192 Å². The number of amides is 1. The van der Waals surface area contributed by atoms with E-state index in [4.69, 9.17) is 5.14 Å². The summed E-state index contributed by atoms with van der Waals surface area (Å²) in [4.78, 5) is 17.0. The van der Waals surface area contributed by atoms with E-state index in [1.54, 1.807) is 6.07 Å². The Morgan fingerprint density at radius 2 is 2.09 bits per heavy atom. The maximum Gasteiger partial charge on any atom is 0.259 e. The third kappa shape index (κ3) is 5.24. The molecule has 1 heterocycles. The van der Waals surface area contributed by atoms with Crippen LogP contribution in [0.3, 0.4) is 0 Å². The van der Waals surface area contributed by atoms with Gasteiger partial charge in [0, 0.05) is 0 Å². The molecule has 0 aliphatic heterocycles. The quantitative estimate of drug-likeness (QED) is 0.558. The molecule has 1 aromatic carbocycles. The third-order valence-corrected chi connectivity index (χ3v) is 8.67. The van der Waals surface area contributed by atoms with Gasteiger partial charge in [0.2, 0.25) is 0 Å². The second-order valence-electron chi connectivity index (χ2n) is 8.87. The van der Waals surface area contributed by atoms with E-state index in [-0.39, 0.29) is 27.2 Å². The first kappa shape index (κ1) is 24.5. The van der Waals surface area contributed by atoms with E-state index in [9.17, 15) is 24.5 Å². The molecule has 0 bridgehead atoms. The van der Waals surface area contributed by atoms with Gasteiger partial charge in [0.15, 0.2) is 9.92 Å². The van der Waals surface area contributed by atoms with Gasteiger partial charge in [-0.25, -0.2) is 14.3 Å². The Bertz CT molecular complexity index is 1180. The Morgan fingerprint density at radius 3 is 2.59 bits per heavy atom. The monoisotopic (exact) mass is 476 g/mol. The normalized spacial score (nSPS) is 16.0. The van der Waals surface area contributed by atoms with Crippen molar-refractivity contribution >= 4 is 27.2 Å². The first-order chi connectivity index (χ1) is 14.9. The lowest BCUT2D eigenvalue weighted by Crippen LogP contribution is -2.17. The van der Waals surface area contributed by atoms with Gasteiger partial charge in [-0.15, -0.1) is 15.7 Å². The van der Waals surface area contributed by atoms with Crippen LogP contribution in [0.2, 0.25) is 0 Å². The van der Waals surface area contributed by atoms with E-state index in [1.807, 2.05) is 19.9 Å². The van der Waals surface area contributed by atoms with Crippen LogP contribution in [-0.4, -0.2) is 25.3 Å². The molecule has 0 radical (unpaired) electrons. The molecular weight excluding hydrogens is 448 g/mol. The van der Waals surface area contributed by atoms with Crippen LogP contribution in [0.25, 0.3) is 0 Å². The van der Waals surface area contributed by atoms with E-state index in [0.29, 0.717) is 11.5 Å². The molecule has 1 saturated carbocycles. The number of rotatable bonds is 7. The van der Waals surface area contributed by atoms with Gasteiger partial charge in [-0.1, -0.05) is 13.8 Å². The molecule has 172 valence electrons. The highest BCUT2D eigenvalue weighted by atomic mass is 32.2.